The Morgan fingerprint density at radius 2 is 2.24 bits per heavy atom. The molecule has 2 nitrogen and oxygen atoms in total. The van der Waals surface area contributed by atoms with E-state index in [1.807, 2.05) is 0 Å². The molecule has 0 N–H and O–H groups in total. The van der Waals surface area contributed by atoms with E-state index in [4.69, 9.17) is 23.2 Å². The summed E-state index contributed by atoms with van der Waals surface area (Å²) < 4.78 is 0.740. The summed E-state index contributed by atoms with van der Waals surface area (Å²) in [5, 5.41) is 0.679. The minimum absolute atomic E-state index is 0.0210. The highest BCUT2D eigenvalue weighted by Gasteiger charge is 2.23. The van der Waals surface area contributed by atoms with Gasteiger partial charge in [0.05, 0.1) is 10.4 Å². The Morgan fingerprint density at radius 1 is 1.47 bits per heavy atom. The Labute approximate surface area is 119 Å². The zero-order valence-electron chi connectivity index (χ0n) is 9.13. The first-order valence-corrected chi connectivity index (χ1v) is 7.07. The van der Waals surface area contributed by atoms with Gasteiger partial charge in [-0.15, -0.1) is 11.6 Å². The second-order valence-electron chi connectivity index (χ2n) is 4.12. The summed E-state index contributed by atoms with van der Waals surface area (Å²) in [6.45, 7) is 1.41. The average molecular weight is 337 g/mol. The molecule has 5 heteroatoms. The summed E-state index contributed by atoms with van der Waals surface area (Å²) in [7, 11) is 0. The van der Waals surface area contributed by atoms with E-state index < -0.39 is 0 Å². The summed E-state index contributed by atoms with van der Waals surface area (Å²) in [5.41, 5.74) is 0.645. The Kier molecular flexibility index (Phi) is 4.34. The molecule has 0 aliphatic carbocycles. The standard InChI is InChI=1S/C12H12BrCl2NO/c13-10-6-8(3-4-11(10)15)12(17)16-5-1-2-9(14)7-16/h3-4,6,9H,1-2,5,7H2. The first-order chi connectivity index (χ1) is 8.08. The van der Waals surface area contributed by atoms with Gasteiger partial charge in [-0.2, -0.15) is 0 Å². The lowest BCUT2D eigenvalue weighted by atomic mass is 10.1. The first-order valence-electron chi connectivity index (χ1n) is 5.46. The van der Waals surface area contributed by atoms with Crippen LogP contribution in [0.5, 0.6) is 0 Å². The quantitative estimate of drug-likeness (QED) is 0.711. The van der Waals surface area contributed by atoms with Crippen LogP contribution in [0.2, 0.25) is 5.02 Å². The fourth-order valence-electron chi connectivity index (χ4n) is 1.92. The van der Waals surface area contributed by atoms with E-state index in [0.29, 0.717) is 17.1 Å². The SMILES string of the molecule is O=C(c1ccc(Cl)c(Br)c1)N1CCCC(Cl)C1. The van der Waals surface area contributed by atoms with E-state index in [-0.39, 0.29) is 11.3 Å². The van der Waals surface area contributed by atoms with Gasteiger partial charge in [0.2, 0.25) is 0 Å². The predicted molar refractivity (Wildman–Crippen MR) is 73.9 cm³/mol. The van der Waals surface area contributed by atoms with Crippen molar-refractivity contribution in [1.82, 2.24) is 4.90 Å². The van der Waals surface area contributed by atoms with Crippen molar-refractivity contribution in [2.75, 3.05) is 13.1 Å². The predicted octanol–water partition coefficient (Wildman–Crippen LogP) is 3.95. The molecule has 1 atom stereocenters. The van der Waals surface area contributed by atoms with E-state index in [9.17, 15) is 4.79 Å². The van der Waals surface area contributed by atoms with Crippen LogP contribution in [0.4, 0.5) is 0 Å². The van der Waals surface area contributed by atoms with Gasteiger partial charge in [0, 0.05) is 23.1 Å². The molecule has 1 aromatic rings. The third kappa shape index (κ3) is 3.15. The van der Waals surface area contributed by atoms with E-state index >= 15 is 0 Å². The highest BCUT2D eigenvalue weighted by molar-refractivity contribution is 9.10. The van der Waals surface area contributed by atoms with Crippen molar-refractivity contribution in [2.24, 2.45) is 0 Å². The van der Waals surface area contributed by atoms with E-state index in [0.717, 1.165) is 23.9 Å². The second kappa shape index (κ2) is 5.59. The summed E-state index contributed by atoms with van der Waals surface area (Å²) >= 11 is 15.3. The number of carbonyl (C=O) groups is 1. The number of piperidine rings is 1. The van der Waals surface area contributed by atoms with Crippen LogP contribution in [0.1, 0.15) is 23.2 Å². The molecule has 1 aliphatic heterocycles. The Hall–Kier alpha value is -0.250. The fourth-order valence-corrected chi connectivity index (χ4v) is 2.74. The molecule has 1 unspecified atom stereocenters. The lowest BCUT2D eigenvalue weighted by molar-refractivity contribution is 0.0727. The number of carbonyl (C=O) groups excluding carboxylic acids is 1. The van der Waals surface area contributed by atoms with Crippen LogP contribution in [-0.4, -0.2) is 29.3 Å². The van der Waals surface area contributed by atoms with Gasteiger partial charge >= 0.3 is 0 Å². The van der Waals surface area contributed by atoms with Gasteiger partial charge in [0.25, 0.3) is 5.91 Å². The maximum Gasteiger partial charge on any atom is 0.253 e. The first kappa shape index (κ1) is 13.2. The third-order valence-corrected chi connectivity index (χ3v) is 4.39. The molecule has 1 amide bonds. The highest BCUT2D eigenvalue weighted by atomic mass is 79.9. The number of alkyl halides is 1. The number of benzene rings is 1. The number of rotatable bonds is 1. The molecule has 0 saturated carbocycles. The van der Waals surface area contributed by atoms with Crippen molar-refractivity contribution in [1.29, 1.82) is 0 Å². The average Bonchev–Trinajstić information content (AvgIpc) is 2.32. The van der Waals surface area contributed by atoms with Gasteiger partial charge in [-0.1, -0.05) is 11.6 Å². The minimum Gasteiger partial charge on any atom is -0.337 e. The molecule has 1 fully saturated rings. The van der Waals surface area contributed by atoms with Crippen LogP contribution >= 0.6 is 39.1 Å². The largest absolute Gasteiger partial charge is 0.337 e. The van der Waals surface area contributed by atoms with Gasteiger partial charge in [0.1, 0.15) is 0 Å². The Bertz CT molecular complexity index is 439. The maximum absolute atomic E-state index is 12.2. The van der Waals surface area contributed by atoms with Crippen molar-refractivity contribution in [3.8, 4) is 0 Å². The molecule has 0 spiro atoms. The van der Waals surface area contributed by atoms with Crippen molar-refractivity contribution in [3.05, 3.63) is 33.3 Å². The van der Waals surface area contributed by atoms with Crippen LogP contribution in [-0.2, 0) is 0 Å². The number of halogens is 3. The van der Waals surface area contributed by atoms with Gasteiger partial charge in [0.15, 0.2) is 0 Å². The van der Waals surface area contributed by atoms with Gasteiger partial charge < -0.3 is 4.90 Å². The number of hydrogen-bond donors (Lipinski definition) is 0. The molecule has 1 heterocycles. The maximum atomic E-state index is 12.2. The zero-order chi connectivity index (χ0) is 12.4. The van der Waals surface area contributed by atoms with Crippen LogP contribution in [0, 0.1) is 0 Å². The minimum atomic E-state index is 0.0210. The van der Waals surface area contributed by atoms with Crippen LogP contribution < -0.4 is 0 Å². The Balaban J connectivity index is 2.15. The molecule has 2 rings (SSSR count). The number of likely N-dealkylation sites (tertiary alicyclic amines) is 1. The molecule has 1 aromatic carbocycles. The highest BCUT2D eigenvalue weighted by Crippen LogP contribution is 2.25. The van der Waals surface area contributed by atoms with Gasteiger partial charge in [-0.3, -0.25) is 4.79 Å². The van der Waals surface area contributed by atoms with Crippen molar-refractivity contribution in [3.63, 3.8) is 0 Å². The molecule has 0 bridgehead atoms. The van der Waals surface area contributed by atoms with E-state index in [2.05, 4.69) is 15.9 Å². The molecule has 92 valence electrons. The second-order valence-corrected chi connectivity index (χ2v) is 6.00. The molecule has 17 heavy (non-hydrogen) atoms. The Morgan fingerprint density at radius 3 is 2.88 bits per heavy atom. The molecular weight excluding hydrogens is 325 g/mol. The zero-order valence-corrected chi connectivity index (χ0v) is 12.2. The van der Waals surface area contributed by atoms with E-state index in [1.54, 1.807) is 23.1 Å². The van der Waals surface area contributed by atoms with Crippen molar-refractivity contribution in [2.45, 2.75) is 18.2 Å². The number of amides is 1. The smallest absolute Gasteiger partial charge is 0.253 e. The van der Waals surface area contributed by atoms with E-state index in [1.165, 1.54) is 0 Å². The summed E-state index contributed by atoms with van der Waals surface area (Å²) in [4.78, 5) is 14.0. The molecule has 1 saturated heterocycles. The topological polar surface area (TPSA) is 20.3 Å². The monoisotopic (exact) mass is 335 g/mol. The third-order valence-electron chi connectivity index (χ3n) is 2.82. The van der Waals surface area contributed by atoms with Crippen LogP contribution in [0.15, 0.2) is 22.7 Å². The molecule has 0 aromatic heterocycles. The normalized spacial score (nSPS) is 20.4. The summed E-state index contributed by atoms with van der Waals surface area (Å²) in [5.74, 6) is 0.0210. The number of nitrogens with zero attached hydrogens (tertiary/aromatic N) is 1. The lowest BCUT2D eigenvalue weighted by Crippen LogP contribution is -2.40. The van der Waals surface area contributed by atoms with Crippen LogP contribution in [0.3, 0.4) is 0 Å². The lowest BCUT2D eigenvalue weighted by Gasteiger charge is -2.29. The molecule has 0 radical (unpaired) electrons. The summed E-state index contributed by atoms with van der Waals surface area (Å²) in [6, 6.07) is 5.22. The van der Waals surface area contributed by atoms with Gasteiger partial charge in [-0.05, 0) is 47.0 Å². The molecule has 1 aliphatic rings. The summed E-state index contributed by atoms with van der Waals surface area (Å²) in [6.07, 6.45) is 1.95. The van der Waals surface area contributed by atoms with Crippen LogP contribution in [0.25, 0.3) is 0 Å². The van der Waals surface area contributed by atoms with Crippen molar-refractivity contribution >= 4 is 45.0 Å². The fraction of sp³-hybridized carbons (Fsp3) is 0.417. The van der Waals surface area contributed by atoms with Crippen molar-refractivity contribution < 1.29 is 4.79 Å². The molecular formula is C12H12BrCl2NO. The number of hydrogen-bond acceptors (Lipinski definition) is 1. The van der Waals surface area contributed by atoms with Gasteiger partial charge in [-0.25, -0.2) is 0 Å².